The van der Waals surface area contributed by atoms with Gasteiger partial charge in [0.1, 0.15) is 5.75 Å². The Morgan fingerprint density at radius 2 is 2.00 bits per heavy atom. The smallest absolute Gasteiger partial charge is 0.229 e. The molecule has 5 nitrogen and oxygen atoms in total. The molecule has 0 aliphatic carbocycles. The van der Waals surface area contributed by atoms with Gasteiger partial charge in [0.2, 0.25) is 11.8 Å². The molecule has 2 aromatic rings. The number of methoxy groups -OCH3 is 1. The number of anilines is 2. The van der Waals surface area contributed by atoms with Crippen LogP contribution in [0.1, 0.15) is 17.5 Å². The Morgan fingerprint density at radius 1 is 1.23 bits per heavy atom. The van der Waals surface area contributed by atoms with Crippen LogP contribution in [0.3, 0.4) is 0 Å². The first-order chi connectivity index (χ1) is 12.4. The molecule has 2 aromatic carbocycles. The highest BCUT2D eigenvalue weighted by molar-refractivity contribution is 6.31. The van der Waals surface area contributed by atoms with Crippen LogP contribution in [-0.2, 0) is 9.59 Å². The number of hydrogen-bond donors (Lipinski definition) is 1. The van der Waals surface area contributed by atoms with Crippen molar-refractivity contribution in [3.63, 3.8) is 0 Å². The van der Waals surface area contributed by atoms with E-state index in [1.165, 1.54) is 0 Å². The molecule has 0 aromatic heterocycles. The average Bonchev–Trinajstić information content (AvgIpc) is 3.00. The summed E-state index contributed by atoms with van der Waals surface area (Å²) in [5.74, 6) is -0.0727. The van der Waals surface area contributed by atoms with Crippen LogP contribution in [0, 0.1) is 19.8 Å². The van der Waals surface area contributed by atoms with E-state index in [0.29, 0.717) is 28.7 Å². The summed E-state index contributed by atoms with van der Waals surface area (Å²) in [7, 11) is 1.57. The van der Waals surface area contributed by atoms with E-state index in [0.717, 1.165) is 11.1 Å². The Morgan fingerprint density at radius 3 is 2.73 bits per heavy atom. The van der Waals surface area contributed by atoms with Crippen molar-refractivity contribution < 1.29 is 14.3 Å². The molecule has 0 saturated carbocycles. The maximum absolute atomic E-state index is 12.7. The SMILES string of the molecule is COc1ccc(C)cc1N1CC(C(=O)Nc2cc(Cl)ccc2C)CC1=O. The predicted octanol–water partition coefficient (Wildman–Crippen LogP) is 3.96. The van der Waals surface area contributed by atoms with E-state index in [4.69, 9.17) is 16.3 Å². The Hall–Kier alpha value is -2.53. The normalized spacial score (nSPS) is 16.7. The van der Waals surface area contributed by atoms with Crippen LogP contribution in [0.2, 0.25) is 5.02 Å². The standard InChI is InChI=1S/C20H21ClN2O3/c1-12-4-7-18(26-3)17(8-12)23-11-14(9-19(23)24)20(25)22-16-10-15(21)6-5-13(16)2/h4-8,10,14H,9,11H2,1-3H3,(H,22,25). The number of ether oxygens (including phenoxy) is 1. The number of halogens is 1. The molecule has 1 N–H and O–H groups in total. The van der Waals surface area contributed by atoms with Gasteiger partial charge in [-0.1, -0.05) is 23.7 Å². The van der Waals surface area contributed by atoms with Crippen LogP contribution in [0.5, 0.6) is 5.75 Å². The van der Waals surface area contributed by atoms with Crippen molar-refractivity contribution in [3.05, 3.63) is 52.5 Å². The van der Waals surface area contributed by atoms with Crippen LogP contribution >= 0.6 is 11.6 Å². The van der Waals surface area contributed by atoms with E-state index >= 15 is 0 Å². The number of aryl methyl sites for hydroxylation is 2. The van der Waals surface area contributed by atoms with Gasteiger partial charge in [-0.05, 0) is 49.2 Å². The van der Waals surface area contributed by atoms with Gasteiger partial charge in [0.15, 0.2) is 0 Å². The van der Waals surface area contributed by atoms with Gasteiger partial charge in [-0.15, -0.1) is 0 Å². The average molecular weight is 373 g/mol. The first kappa shape index (κ1) is 18.3. The zero-order valence-electron chi connectivity index (χ0n) is 15.0. The number of carbonyl (C=O) groups is 2. The maximum Gasteiger partial charge on any atom is 0.229 e. The minimum Gasteiger partial charge on any atom is -0.495 e. The fourth-order valence-corrected chi connectivity index (χ4v) is 3.26. The zero-order valence-corrected chi connectivity index (χ0v) is 15.8. The predicted molar refractivity (Wildman–Crippen MR) is 103 cm³/mol. The second-order valence-electron chi connectivity index (χ2n) is 6.53. The molecule has 136 valence electrons. The van der Waals surface area contributed by atoms with Crippen molar-refractivity contribution in [1.82, 2.24) is 0 Å². The molecule has 1 unspecified atom stereocenters. The van der Waals surface area contributed by atoms with Gasteiger partial charge in [0.05, 0.1) is 18.7 Å². The number of nitrogens with zero attached hydrogens (tertiary/aromatic N) is 1. The van der Waals surface area contributed by atoms with Gasteiger partial charge in [0, 0.05) is 23.7 Å². The molecule has 6 heteroatoms. The third-order valence-corrected chi connectivity index (χ3v) is 4.81. The minimum atomic E-state index is -0.425. The molecule has 1 aliphatic rings. The summed E-state index contributed by atoms with van der Waals surface area (Å²) in [4.78, 5) is 26.8. The zero-order chi connectivity index (χ0) is 18.8. The van der Waals surface area contributed by atoms with Crippen molar-refractivity contribution in [2.45, 2.75) is 20.3 Å². The van der Waals surface area contributed by atoms with E-state index in [2.05, 4.69) is 5.32 Å². The van der Waals surface area contributed by atoms with Crippen molar-refractivity contribution in [2.24, 2.45) is 5.92 Å². The second kappa shape index (κ2) is 7.38. The fourth-order valence-electron chi connectivity index (χ4n) is 3.09. The summed E-state index contributed by atoms with van der Waals surface area (Å²) in [6.07, 6.45) is 0.169. The van der Waals surface area contributed by atoms with E-state index in [1.54, 1.807) is 24.1 Å². The topological polar surface area (TPSA) is 58.6 Å². The molecule has 0 radical (unpaired) electrons. The fraction of sp³-hybridized carbons (Fsp3) is 0.300. The van der Waals surface area contributed by atoms with E-state index in [-0.39, 0.29) is 18.2 Å². The molecule has 1 atom stereocenters. The number of benzene rings is 2. The van der Waals surface area contributed by atoms with Crippen LogP contribution in [0.4, 0.5) is 11.4 Å². The molecule has 0 spiro atoms. The van der Waals surface area contributed by atoms with Crippen LogP contribution in [0.15, 0.2) is 36.4 Å². The van der Waals surface area contributed by atoms with Gasteiger partial charge < -0.3 is 15.0 Å². The molecule has 0 bridgehead atoms. The summed E-state index contributed by atoms with van der Waals surface area (Å²) in [6.45, 7) is 4.18. The summed E-state index contributed by atoms with van der Waals surface area (Å²) in [5.41, 5.74) is 3.31. The molecule has 1 saturated heterocycles. The van der Waals surface area contributed by atoms with Crippen LogP contribution < -0.4 is 15.0 Å². The lowest BCUT2D eigenvalue weighted by Crippen LogP contribution is -2.28. The first-order valence-corrected chi connectivity index (χ1v) is 8.79. The summed E-state index contributed by atoms with van der Waals surface area (Å²) in [5, 5.41) is 3.45. The summed E-state index contributed by atoms with van der Waals surface area (Å²) in [6, 6.07) is 11.0. The van der Waals surface area contributed by atoms with Crippen molar-refractivity contribution in [3.8, 4) is 5.75 Å². The van der Waals surface area contributed by atoms with E-state index in [1.807, 2.05) is 38.1 Å². The third kappa shape index (κ3) is 3.68. The first-order valence-electron chi connectivity index (χ1n) is 8.41. The van der Waals surface area contributed by atoms with Gasteiger partial charge in [0.25, 0.3) is 0 Å². The second-order valence-corrected chi connectivity index (χ2v) is 6.97. The highest BCUT2D eigenvalue weighted by Gasteiger charge is 2.36. The van der Waals surface area contributed by atoms with Crippen molar-refractivity contribution >= 4 is 34.8 Å². The number of nitrogens with one attached hydrogen (secondary N) is 1. The maximum atomic E-state index is 12.7. The van der Waals surface area contributed by atoms with E-state index in [9.17, 15) is 9.59 Å². The molecule has 1 heterocycles. The lowest BCUT2D eigenvalue weighted by Gasteiger charge is -2.20. The Balaban J connectivity index is 1.78. The lowest BCUT2D eigenvalue weighted by atomic mass is 10.1. The molecular weight excluding hydrogens is 352 g/mol. The van der Waals surface area contributed by atoms with Crippen molar-refractivity contribution in [2.75, 3.05) is 23.9 Å². The van der Waals surface area contributed by atoms with Crippen LogP contribution in [-0.4, -0.2) is 25.5 Å². The molecule has 26 heavy (non-hydrogen) atoms. The number of rotatable bonds is 4. The quantitative estimate of drug-likeness (QED) is 0.883. The molecule has 3 rings (SSSR count). The largest absolute Gasteiger partial charge is 0.495 e. The number of amides is 2. The van der Waals surface area contributed by atoms with Gasteiger partial charge in [-0.25, -0.2) is 0 Å². The molecular formula is C20H21ClN2O3. The van der Waals surface area contributed by atoms with Crippen molar-refractivity contribution in [1.29, 1.82) is 0 Å². The number of carbonyl (C=O) groups excluding carboxylic acids is 2. The highest BCUT2D eigenvalue weighted by atomic mass is 35.5. The highest BCUT2D eigenvalue weighted by Crippen LogP contribution is 2.34. The number of hydrogen-bond acceptors (Lipinski definition) is 3. The minimum absolute atomic E-state index is 0.0862. The molecule has 1 fully saturated rings. The third-order valence-electron chi connectivity index (χ3n) is 4.58. The van der Waals surface area contributed by atoms with Gasteiger partial charge in [-0.2, -0.15) is 0 Å². The molecule has 1 aliphatic heterocycles. The lowest BCUT2D eigenvalue weighted by molar-refractivity contribution is -0.122. The van der Waals surface area contributed by atoms with Gasteiger partial charge in [-0.3, -0.25) is 9.59 Å². The summed E-state index contributed by atoms with van der Waals surface area (Å²) < 4.78 is 5.37. The Kier molecular flexibility index (Phi) is 5.18. The van der Waals surface area contributed by atoms with Gasteiger partial charge >= 0.3 is 0 Å². The monoisotopic (exact) mass is 372 g/mol. The van der Waals surface area contributed by atoms with Crippen LogP contribution in [0.25, 0.3) is 0 Å². The Labute approximate surface area is 157 Å². The molecule has 2 amide bonds. The van der Waals surface area contributed by atoms with E-state index < -0.39 is 5.92 Å². The summed E-state index contributed by atoms with van der Waals surface area (Å²) >= 11 is 6.01. The Bertz CT molecular complexity index is 866.